The number of amides is 2. The summed E-state index contributed by atoms with van der Waals surface area (Å²) >= 11 is 0. The topological polar surface area (TPSA) is 102 Å². The van der Waals surface area contributed by atoms with Crippen molar-refractivity contribution in [3.8, 4) is 5.75 Å². The minimum Gasteiger partial charge on any atom is -0.482 e. The van der Waals surface area contributed by atoms with Crippen LogP contribution in [0.15, 0.2) is 47.4 Å². The van der Waals surface area contributed by atoms with Gasteiger partial charge in [-0.15, -0.1) is 0 Å². The van der Waals surface area contributed by atoms with Crippen LogP contribution in [0.25, 0.3) is 0 Å². The van der Waals surface area contributed by atoms with E-state index in [1.807, 2.05) is 12.1 Å². The molecule has 3 rings (SSSR count). The third-order valence-corrected chi connectivity index (χ3v) is 6.12. The largest absolute Gasteiger partial charge is 0.482 e. The van der Waals surface area contributed by atoms with Crippen LogP contribution in [0, 0.1) is 0 Å². The molecule has 0 radical (unpaired) electrons. The number of fused-ring (bicyclic) bond motifs is 1. The number of nitrogens with one attached hydrogen (secondary N) is 2. The van der Waals surface area contributed by atoms with E-state index in [1.165, 1.54) is 18.2 Å². The fraction of sp³-hybridized carbons (Fsp3) is 0.300. The summed E-state index contributed by atoms with van der Waals surface area (Å²) in [5.41, 5.74) is 2.22. The molecule has 148 valence electrons. The molecule has 0 fully saturated rings. The van der Waals surface area contributed by atoms with Gasteiger partial charge < -0.3 is 15.4 Å². The van der Waals surface area contributed by atoms with Crippen LogP contribution in [0.5, 0.6) is 5.75 Å². The molecule has 1 aliphatic heterocycles. The maximum Gasteiger partial charge on any atom is 0.262 e. The minimum atomic E-state index is -3.67. The zero-order valence-electron chi connectivity index (χ0n) is 15.7. The highest BCUT2D eigenvalue weighted by Gasteiger charge is 2.22. The van der Waals surface area contributed by atoms with Crippen LogP contribution in [0.1, 0.15) is 31.7 Å². The number of ether oxygens (including phenoxy) is 1. The van der Waals surface area contributed by atoms with Gasteiger partial charge in [0.15, 0.2) is 16.4 Å². The van der Waals surface area contributed by atoms with Gasteiger partial charge in [0, 0.05) is 18.2 Å². The van der Waals surface area contributed by atoms with Gasteiger partial charge in [-0.2, -0.15) is 0 Å². The number of anilines is 2. The Labute approximate surface area is 164 Å². The average Bonchev–Trinajstić information content (AvgIpc) is 2.66. The van der Waals surface area contributed by atoms with Gasteiger partial charge in [0.1, 0.15) is 5.75 Å². The van der Waals surface area contributed by atoms with Gasteiger partial charge in [0.2, 0.25) is 5.91 Å². The van der Waals surface area contributed by atoms with E-state index < -0.39 is 9.84 Å². The predicted octanol–water partition coefficient (Wildman–Crippen LogP) is 2.94. The van der Waals surface area contributed by atoms with E-state index in [0.717, 1.165) is 5.56 Å². The second-order valence-electron chi connectivity index (χ2n) is 6.89. The monoisotopic (exact) mass is 402 g/mol. The molecule has 1 aliphatic rings. The summed E-state index contributed by atoms with van der Waals surface area (Å²) in [6.07, 6.45) is -0.164. The van der Waals surface area contributed by atoms with Gasteiger partial charge in [-0.25, -0.2) is 8.42 Å². The summed E-state index contributed by atoms with van der Waals surface area (Å²) in [5, 5.41) is 5.32. The Kier molecular flexibility index (Phi) is 5.69. The SMILES string of the molecule is CC(C)c1ccc(NC(=O)CCS(=O)(=O)c2ccc3c(c2)OCC(=O)N3)cc1. The minimum absolute atomic E-state index is 0.0523. The summed E-state index contributed by atoms with van der Waals surface area (Å²) in [5.74, 6) is -0.295. The lowest BCUT2D eigenvalue weighted by molar-refractivity contribution is -0.118. The summed E-state index contributed by atoms with van der Waals surface area (Å²) in [6, 6.07) is 11.7. The first kappa shape index (κ1) is 19.9. The quantitative estimate of drug-likeness (QED) is 0.774. The Morgan fingerprint density at radius 1 is 1.18 bits per heavy atom. The van der Waals surface area contributed by atoms with Crippen LogP contribution < -0.4 is 15.4 Å². The second-order valence-corrected chi connectivity index (χ2v) is 9.00. The number of carbonyl (C=O) groups is 2. The first-order chi connectivity index (χ1) is 13.2. The van der Waals surface area contributed by atoms with Gasteiger partial charge in [-0.3, -0.25) is 9.59 Å². The standard InChI is InChI=1S/C20H22N2O5S/c1-13(2)14-3-5-15(6-4-14)21-19(23)9-10-28(25,26)16-7-8-17-18(11-16)27-12-20(24)22-17/h3-8,11,13H,9-10,12H2,1-2H3,(H,21,23)(H,22,24). The number of sulfone groups is 1. The molecule has 7 nitrogen and oxygen atoms in total. The fourth-order valence-electron chi connectivity index (χ4n) is 2.77. The van der Waals surface area contributed by atoms with E-state index in [4.69, 9.17) is 4.74 Å². The van der Waals surface area contributed by atoms with Crippen molar-refractivity contribution in [1.82, 2.24) is 0 Å². The Hall–Kier alpha value is -2.87. The Morgan fingerprint density at radius 3 is 2.57 bits per heavy atom. The van der Waals surface area contributed by atoms with Crippen molar-refractivity contribution in [1.29, 1.82) is 0 Å². The molecule has 2 N–H and O–H groups in total. The van der Waals surface area contributed by atoms with E-state index in [1.54, 1.807) is 12.1 Å². The number of benzene rings is 2. The van der Waals surface area contributed by atoms with Gasteiger partial charge >= 0.3 is 0 Å². The highest BCUT2D eigenvalue weighted by atomic mass is 32.2. The molecule has 2 aromatic carbocycles. The molecular formula is C20H22N2O5S. The Bertz CT molecular complexity index is 998. The Balaban J connectivity index is 1.61. The maximum atomic E-state index is 12.5. The summed E-state index contributed by atoms with van der Waals surface area (Å²) in [6.45, 7) is 4.00. The van der Waals surface area contributed by atoms with Crippen molar-refractivity contribution in [2.24, 2.45) is 0 Å². The van der Waals surface area contributed by atoms with E-state index in [9.17, 15) is 18.0 Å². The second kappa shape index (κ2) is 8.02. The molecule has 0 saturated carbocycles. The lowest BCUT2D eigenvalue weighted by Crippen LogP contribution is -2.25. The zero-order chi connectivity index (χ0) is 20.3. The van der Waals surface area contributed by atoms with Crippen LogP contribution in [0.3, 0.4) is 0 Å². The first-order valence-electron chi connectivity index (χ1n) is 8.94. The fourth-order valence-corrected chi connectivity index (χ4v) is 4.02. The number of carbonyl (C=O) groups excluding carboxylic acids is 2. The number of hydrogen-bond acceptors (Lipinski definition) is 5. The molecule has 0 bridgehead atoms. The lowest BCUT2D eigenvalue weighted by atomic mass is 10.0. The van der Waals surface area contributed by atoms with Crippen molar-refractivity contribution in [3.05, 3.63) is 48.0 Å². The molecular weight excluding hydrogens is 380 g/mol. The smallest absolute Gasteiger partial charge is 0.262 e. The van der Waals surface area contributed by atoms with Crippen molar-refractivity contribution in [2.75, 3.05) is 23.0 Å². The maximum absolute atomic E-state index is 12.5. The van der Waals surface area contributed by atoms with E-state index in [2.05, 4.69) is 24.5 Å². The third-order valence-electron chi connectivity index (χ3n) is 4.40. The molecule has 28 heavy (non-hydrogen) atoms. The van der Waals surface area contributed by atoms with E-state index in [0.29, 0.717) is 23.0 Å². The van der Waals surface area contributed by atoms with Gasteiger partial charge in [0.25, 0.3) is 5.91 Å². The van der Waals surface area contributed by atoms with Crippen molar-refractivity contribution < 1.29 is 22.7 Å². The molecule has 8 heteroatoms. The molecule has 1 heterocycles. The molecule has 0 saturated heterocycles. The van der Waals surface area contributed by atoms with Crippen molar-refractivity contribution in [3.63, 3.8) is 0 Å². The van der Waals surface area contributed by atoms with Crippen LogP contribution >= 0.6 is 0 Å². The summed E-state index contributed by atoms with van der Waals surface area (Å²) in [4.78, 5) is 23.5. The number of hydrogen-bond donors (Lipinski definition) is 2. The Morgan fingerprint density at radius 2 is 1.89 bits per heavy atom. The van der Waals surface area contributed by atoms with Gasteiger partial charge in [-0.05, 0) is 35.7 Å². The van der Waals surface area contributed by atoms with Crippen LogP contribution in [-0.2, 0) is 19.4 Å². The first-order valence-corrected chi connectivity index (χ1v) is 10.6. The number of rotatable bonds is 6. The molecule has 2 amide bonds. The highest BCUT2D eigenvalue weighted by Crippen LogP contribution is 2.30. The summed E-state index contributed by atoms with van der Waals surface area (Å²) in [7, 11) is -3.67. The van der Waals surface area contributed by atoms with Crippen LogP contribution in [-0.4, -0.2) is 32.6 Å². The molecule has 0 spiro atoms. The van der Waals surface area contributed by atoms with Crippen LogP contribution in [0.4, 0.5) is 11.4 Å². The molecule has 2 aromatic rings. The van der Waals surface area contributed by atoms with Gasteiger partial charge in [-0.1, -0.05) is 26.0 Å². The summed E-state index contributed by atoms with van der Waals surface area (Å²) < 4.78 is 30.3. The van der Waals surface area contributed by atoms with E-state index in [-0.39, 0.29) is 35.5 Å². The van der Waals surface area contributed by atoms with Crippen molar-refractivity contribution in [2.45, 2.75) is 31.1 Å². The van der Waals surface area contributed by atoms with Crippen LogP contribution in [0.2, 0.25) is 0 Å². The normalized spacial score (nSPS) is 13.5. The molecule has 0 aliphatic carbocycles. The predicted molar refractivity (Wildman–Crippen MR) is 106 cm³/mol. The highest BCUT2D eigenvalue weighted by molar-refractivity contribution is 7.91. The lowest BCUT2D eigenvalue weighted by Gasteiger charge is -2.18. The molecule has 0 unspecified atom stereocenters. The van der Waals surface area contributed by atoms with Crippen molar-refractivity contribution >= 4 is 33.0 Å². The average molecular weight is 402 g/mol. The molecule has 0 aromatic heterocycles. The third kappa shape index (κ3) is 4.69. The zero-order valence-corrected chi connectivity index (χ0v) is 16.5. The van der Waals surface area contributed by atoms with E-state index >= 15 is 0 Å². The molecule has 0 atom stereocenters. The van der Waals surface area contributed by atoms with Gasteiger partial charge in [0.05, 0.1) is 16.3 Å².